The molecule has 1 saturated heterocycles. The normalized spacial score (nSPS) is 15.0. The Morgan fingerprint density at radius 2 is 1.86 bits per heavy atom. The Kier molecular flexibility index (Phi) is 6.40. The number of nitrogens with one attached hydrogen (secondary N) is 1. The summed E-state index contributed by atoms with van der Waals surface area (Å²) in [5.41, 5.74) is 1.26. The van der Waals surface area contributed by atoms with Gasteiger partial charge < -0.3 is 19.9 Å². The summed E-state index contributed by atoms with van der Waals surface area (Å²) in [6.45, 7) is -0.200. The highest BCUT2D eigenvalue weighted by molar-refractivity contribution is 8.26. The molecule has 0 aromatic heterocycles. The summed E-state index contributed by atoms with van der Waals surface area (Å²) in [6.07, 6.45) is 1.69. The van der Waals surface area contributed by atoms with Gasteiger partial charge in [-0.3, -0.25) is 14.5 Å². The Bertz CT molecular complexity index is 989. The van der Waals surface area contributed by atoms with Crippen molar-refractivity contribution in [1.82, 2.24) is 4.90 Å². The molecule has 9 heteroatoms. The van der Waals surface area contributed by atoms with E-state index in [9.17, 15) is 14.7 Å². The third-order valence-electron chi connectivity index (χ3n) is 4.03. The van der Waals surface area contributed by atoms with Gasteiger partial charge in [-0.2, -0.15) is 0 Å². The highest BCUT2D eigenvalue weighted by Gasteiger charge is 2.33. The van der Waals surface area contributed by atoms with Crippen molar-refractivity contribution in [3.05, 3.63) is 52.9 Å². The van der Waals surface area contributed by atoms with Crippen molar-refractivity contribution in [2.24, 2.45) is 0 Å². The fourth-order valence-corrected chi connectivity index (χ4v) is 3.87. The highest BCUT2D eigenvalue weighted by Crippen LogP contribution is 2.34. The minimum atomic E-state index is -0.389. The molecule has 29 heavy (non-hydrogen) atoms. The third kappa shape index (κ3) is 4.87. The monoisotopic (exact) mass is 430 g/mol. The molecule has 1 heterocycles. The Balaban J connectivity index is 1.71. The van der Waals surface area contributed by atoms with E-state index in [1.165, 1.54) is 24.1 Å². The molecule has 0 bridgehead atoms. The number of ether oxygens (including phenoxy) is 2. The Morgan fingerprint density at radius 3 is 2.52 bits per heavy atom. The van der Waals surface area contributed by atoms with Crippen molar-refractivity contribution in [3.8, 4) is 17.2 Å². The Hall–Kier alpha value is -3.04. The van der Waals surface area contributed by atoms with Gasteiger partial charge in [0.05, 0.1) is 19.1 Å². The number of aromatic hydroxyl groups is 1. The first-order valence-corrected chi connectivity index (χ1v) is 9.70. The van der Waals surface area contributed by atoms with Crippen LogP contribution in [0.15, 0.2) is 47.4 Å². The number of nitrogens with zero attached hydrogens (tertiary/aromatic N) is 1. The minimum absolute atomic E-state index is 0.0974. The summed E-state index contributed by atoms with van der Waals surface area (Å²) in [4.78, 5) is 26.7. The van der Waals surface area contributed by atoms with Crippen molar-refractivity contribution in [3.63, 3.8) is 0 Å². The quantitative estimate of drug-likeness (QED) is 0.413. The second kappa shape index (κ2) is 8.97. The van der Waals surface area contributed by atoms with Crippen LogP contribution in [-0.2, 0) is 9.59 Å². The van der Waals surface area contributed by atoms with Crippen LogP contribution in [0.3, 0.4) is 0 Å². The van der Waals surface area contributed by atoms with E-state index in [2.05, 4.69) is 5.32 Å². The van der Waals surface area contributed by atoms with Crippen LogP contribution in [0.2, 0.25) is 0 Å². The summed E-state index contributed by atoms with van der Waals surface area (Å²) >= 11 is 6.40. The predicted octanol–water partition coefficient (Wildman–Crippen LogP) is 3.25. The molecule has 1 fully saturated rings. The molecular weight excluding hydrogens is 412 g/mol. The van der Waals surface area contributed by atoms with E-state index < -0.39 is 0 Å². The van der Waals surface area contributed by atoms with Gasteiger partial charge in [-0.25, -0.2) is 0 Å². The van der Waals surface area contributed by atoms with Gasteiger partial charge in [-0.1, -0.05) is 30.0 Å². The number of methoxy groups -OCH3 is 2. The number of phenols is 1. The van der Waals surface area contributed by atoms with E-state index >= 15 is 0 Å². The number of anilines is 1. The molecule has 2 N–H and O–H groups in total. The van der Waals surface area contributed by atoms with Crippen molar-refractivity contribution in [1.29, 1.82) is 0 Å². The highest BCUT2D eigenvalue weighted by atomic mass is 32.2. The van der Waals surface area contributed by atoms with Crippen LogP contribution in [0.25, 0.3) is 6.08 Å². The number of hydrogen-bond donors (Lipinski definition) is 2. The first kappa shape index (κ1) is 20.7. The number of thiocarbonyl (C=S) groups is 1. The van der Waals surface area contributed by atoms with Crippen molar-refractivity contribution in [2.75, 3.05) is 26.1 Å². The zero-order valence-electron chi connectivity index (χ0n) is 15.7. The molecule has 0 radical (unpaired) electrons. The van der Waals surface area contributed by atoms with Crippen LogP contribution in [0.1, 0.15) is 5.56 Å². The minimum Gasteiger partial charge on any atom is -0.508 e. The zero-order valence-corrected chi connectivity index (χ0v) is 17.3. The van der Waals surface area contributed by atoms with Crippen LogP contribution in [-0.4, -0.2) is 46.9 Å². The van der Waals surface area contributed by atoms with Gasteiger partial charge in [0.2, 0.25) is 5.91 Å². The van der Waals surface area contributed by atoms with Crippen molar-refractivity contribution < 1.29 is 24.2 Å². The molecule has 2 amide bonds. The second-order valence-corrected chi connectivity index (χ2v) is 7.65. The van der Waals surface area contributed by atoms with Gasteiger partial charge in [0.25, 0.3) is 5.91 Å². The molecule has 0 spiro atoms. The molecule has 7 nitrogen and oxygen atoms in total. The standard InChI is InChI=1S/C20H18N2O5S2/c1-26-15-8-3-12(9-16(15)27-2)10-17-19(25)22(20(28)29-17)11-18(24)21-13-4-6-14(23)7-5-13/h3-10,23H,11H2,1-2H3,(H,21,24)/b17-10-. The predicted molar refractivity (Wildman–Crippen MR) is 116 cm³/mol. The first-order valence-electron chi connectivity index (χ1n) is 8.47. The molecule has 2 aromatic carbocycles. The number of phenolic OH excluding ortho intramolecular Hbond substituents is 1. The number of carbonyl (C=O) groups is 2. The maximum Gasteiger partial charge on any atom is 0.266 e. The topological polar surface area (TPSA) is 88.1 Å². The van der Waals surface area contributed by atoms with Crippen molar-refractivity contribution >= 4 is 51.9 Å². The van der Waals surface area contributed by atoms with E-state index in [1.807, 2.05) is 0 Å². The summed E-state index contributed by atoms with van der Waals surface area (Å²) < 4.78 is 10.8. The van der Waals surface area contributed by atoms with Crippen LogP contribution in [0, 0.1) is 0 Å². The van der Waals surface area contributed by atoms with Crippen LogP contribution in [0.5, 0.6) is 17.2 Å². The lowest BCUT2D eigenvalue weighted by molar-refractivity contribution is -0.126. The van der Waals surface area contributed by atoms with E-state index in [-0.39, 0.29) is 24.1 Å². The van der Waals surface area contributed by atoms with Gasteiger partial charge in [0.15, 0.2) is 11.5 Å². The van der Waals surface area contributed by atoms with E-state index in [0.717, 1.165) is 17.3 Å². The first-order chi connectivity index (χ1) is 13.9. The number of amides is 2. The summed E-state index contributed by atoms with van der Waals surface area (Å²) in [6, 6.07) is 11.3. The van der Waals surface area contributed by atoms with Gasteiger partial charge in [-0.15, -0.1) is 0 Å². The molecule has 1 aliphatic rings. The van der Waals surface area contributed by atoms with E-state index in [1.54, 1.807) is 43.5 Å². The van der Waals surface area contributed by atoms with Crippen LogP contribution < -0.4 is 14.8 Å². The molecule has 0 atom stereocenters. The maximum absolute atomic E-state index is 12.7. The Labute approximate surface area is 177 Å². The summed E-state index contributed by atoms with van der Waals surface area (Å²) in [7, 11) is 3.08. The number of carbonyl (C=O) groups excluding carboxylic acids is 2. The summed E-state index contributed by atoms with van der Waals surface area (Å²) in [5.74, 6) is 0.503. The molecule has 1 aliphatic heterocycles. The largest absolute Gasteiger partial charge is 0.508 e. The number of hydrogen-bond acceptors (Lipinski definition) is 7. The average molecular weight is 431 g/mol. The fourth-order valence-electron chi connectivity index (χ4n) is 2.62. The van der Waals surface area contributed by atoms with Crippen LogP contribution >= 0.6 is 24.0 Å². The second-order valence-electron chi connectivity index (χ2n) is 5.98. The van der Waals surface area contributed by atoms with Gasteiger partial charge in [-0.05, 0) is 48.0 Å². The lowest BCUT2D eigenvalue weighted by atomic mass is 10.2. The van der Waals surface area contributed by atoms with Gasteiger partial charge in [0, 0.05) is 5.69 Å². The van der Waals surface area contributed by atoms with Gasteiger partial charge >= 0.3 is 0 Å². The van der Waals surface area contributed by atoms with E-state index in [0.29, 0.717) is 26.4 Å². The molecular formula is C20H18N2O5S2. The molecule has 2 aromatic rings. The average Bonchev–Trinajstić information content (AvgIpc) is 2.97. The molecule has 0 unspecified atom stereocenters. The number of benzene rings is 2. The Morgan fingerprint density at radius 1 is 1.17 bits per heavy atom. The van der Waals surface area contributed by atoms with Gasteiger partial charge in [0.1, 0.15) is 16.6 Å². The smallest absolute Gasteiger partial charge is 0.266 e. The summed E-state index contributed by atoms with van der Waals surface area (Å²) in [5, 5.41) is 12.0. The number of rotatable bonds is 6. The molecule has 3 rings (SSSR count). The fraction of sp³-hybridized carbons (Fsp3) is 0.150. The van der Waals surface area contributed by atoms with E-state index in [4.69, 9.17) is 21.7 Å². The molecule has 150 valence electrons. The zero-order chi connectivity index (χ0) is 21.0. The lowest BCUT2D eigenvalue weighted by Crippen LogP contribution is -2.36. The van der Waals surface area contributed by atoms with Crippen molar-refractivity contribution in [2.45, 2.75) is 0 Å². The SMILES string of the molecule is COc1ccc(/C=C2\SC(=S)N(CC(=O)Nc3ccc(O)cc3)C2=O)cc1OC. The lowest BCUT2D eigenvalue weighted by Gasteiger charge is -2.14. The molecule has 0 aliphatic carbocycles. The maximum atomic E-state index is 12.7. The molecule has 0 saturated carbocycles. The van der Waals surface area contributed by atoms with Crippen LogP contribution in [0.4, 0.5) is 5.69 Å². The number of thioether (sulfide) groups is 1. The third-order valence-corrected chi connectivity index (χ3v) is 5.41.